The summed E-state index contributed by atoms with van der Waals surface area (Å²) in [5, 5.41) is 0. The second-order valence-corrected chi connectivity index (χ2v) is 4.55. The highest BCUT2D eigenvalue weighted by atomic mass is 16.5. The van der Waals surface area contributed by atoms with E-state index in [9.17, 15) is 4.79 Å². The van der Waals surface area contributed by atoms with Gasteiger partial charge in [0.2, 0.25) is 5.91 Å². The van der Waals surface area contributed by atoms with Crippen molar-refractivity contribution in [3.05, 3.63) is 0 Å². The van der Waals surface area contributed by atoms with E-state index in [4.69, 9.17) is 10.5 Å². The molecular weight excluding hydrogens is 192 g/mol. The lowest BCUT2D eigenvalue weighted by atomic mass is 10.2. The van der Waals surface area contributed by atoms with E-state index >= 15 is 0 Å². The summed E-state index contributed by atoms with van der Waals surface area (Å²) in [7, 11) is 0. The average molecular weight is 212 g/mol. The minimum absolute atomic E-state index is 0.0450. The lowest BCUT2D eigenvalue weighted by Crippen LogP contribution is -2.48. The molecule has 86 valence electrons. The first-order valence-electron chi connectivity index (χ1n) is 5.89. The van der Waals surface area contributed by atoms with Crippen LogP contribution < -0.4 is 5.73 Å². The molecule has 1 amide bonds. The first-order valence-corrected chi connectivity index (χ1v) is 5.89. The Morgan fingerprint density at radius 3 is 2.93 bits per heavy atom. The molecule has 1 saturated carbocycles. The van der Waals surface area contributed by atoms with Crippen LogP contribution >= 0.6 is 0 Å². The first kappa shape index (κ1) is 10.9. The second kappa shape index (κ2) is 4.94. The molecule has 2 rings (SSSR count). The van der Waals surface area contributed by atoms with Crippen molar-refractivity contribution >= 4 is 5.91 Å². The van der Waals surface area contributed by atoms with Gasteiger partial charge < -0.3 is 15.4 Å². The number of morpholine rings is 1. The summed E-state index contributed by atoms with van der Waals surface area (Å²) in [5.74, 6) is 1.11. The van der Waals surface area contributed by atoms with Crippen LogP contribution in [0.5, 0.6) is 0 Å². The van der Waals surface area contributed by atoms with E-state index in [0.717, 1.165) is 18.9 Å². The maximum absolute atomic E-state index is 11.8. The normalized spacial score (nSPS) is 26.7. The van der Waals surface area contributed by atoms with Gasteiger partial charge in [0.1, 0.15) is 0 Å². The van der Waals surface area contributed by atoms with Crippen LogP contribution in [-0.4, -0.2) is 43.2 Å². The average Bonchev–Trinajstić information content (AvgIpc) is 3.10. The van der Waals surface area contributed by atoms with Gasteiger partial charge >= 0.3 is 0 Å². The van der Waals surface area contributed by atoms with E-state index in [1.807, 2.05) is 4.90 Å². The van der Waals surface area contributed by atoms with Gasteiger partial charge in [-0.1, -0.05) is 12.8 Å². The van der Waals surface area contributed by atoms with Gasteiger partial charge in [-0.25, -0.2) is 0 Å². The molecule has 1 aliphatic heterocycles. The quantitative estimate of drug-likeness (QED) is 0.732. The fourth-order valence-electron chi connectivity index (χ4n) is 1.98. The molecule has 4 heteroatoms. The zero-order valence-electron chi connectivity index (χ0n) is 9.15. The van der Waals surface area contributed by atoms with Gasteiger partial charge in [0, 0.05) is 26.1 Å². The number of carbonyl (C=O) groups excluding carboxylic acids is 1. The van der Waals surface area contributed by atoms with Crippen LogP contribution in [0.15, 0.2) is 0 Å². The highest BCUT2D eigenvalue weighted by Crippen LogP contribution is 2.33. The van der Waals surface area contributed by atoms with E-state index in [-0.39, 0.29) is 12.0 Å². The van der Waals surface area contributed by atoms with Crippen molar-refractivity contribution in [2.75, 3.05) is 26.2 Å². The Bertz CT molecular complexity index is 229. The lowest BCUT2D eigenvalue weighted by molar-refractivity contribution is -0.138. The Labute approximate surface area is 90.8 Å². The fourth-order valence-corrected chi connectivity index (χ4v) is 1.98. The summed E-state index contributed by atoms with van der Waals surface area (Å²) in [6.07, 6.45) is 4.47. The summed E-state index contributed by atoms with van der Waals surface area (Å²) in [6.45, 7) is 2.56. The molecule has 1 unspecified atom stereocenters. The van der Waals surface area contributed by atoms with Crippen molar-refractivity contribution in [3.63, 3.8) is 0 Å². The summed E-state index contributed by atoms with van der Waals surface area (Å²) in [4.78, 5) is 13.7. The Morgan fingerprint density at radius 2 is 2.27 bits per heavy atom. The summed E-state index contributed by atoms with van der Waals surface area (Å²) in [5.41, 5.74) is 5.53. The predicted octanol–water partition coefficient (Wildman–Crippen LogP) is 0.363. The number of hydrogen-bond donors (Lipinski definition) is 1. The monoisotopic (exact) mass is 212 g/mol. The molecule has 1 aliphatic carbocycles. The van der Waals surface area contributed by atoms with Gasteiger partial charge in [0.15, 0.2) is 0 Å². The van der Waals surface area contributed by atoms with Crippen molar-refractivity contribution in [2.24, 2.45) is 11.7 Å². The third kappa shape index (κ3) is 3.18. The van der Waals surface area contributed by atoms with Crippen molar-refractivity contribution in [1.82, 2.24) is 4.90 Å². The molecule has 1 saturated heterocycles. The maximum atomic E-state index is 11.8. The largest absolute Gasteiger partial charge is 0.373 e. The molecule has 1 atom stereocenters. The van der Waals surface area contributed by atoms with Crippen LogP contribution in [0, 0.1) is 5.92 Å². The Balaban J connectivity index is 1.72. The zero-order valence-corrected chi connectivity index (χ0v) is 9.15. The highest BCUT2D eigenvalue weighted by Gasteiger charge is 2.26. The van der Waals surface area contributed by atoms with Crippen LogP contribution in [0.3, 0.4) is 0 Å². The first-order chi connectivity index (χ1) is 7.29. The second-order valence-electron chi connectivity index (χ2n) is 4.55. The standard InChI is InChI=1S/C11H20N2O2/c12-7-10-8-13(5-6-15-10)11(14)4-3-9-1-2-9/h9-10H,1-8,12H2. The smallest absolute Gasteiger partial charge is 0.222 e. The molecule has 0 spiro atoms. The molecule has 4 nitrogen and oxygen atoms in total. The Kier molecular flexibility index (Phi) is 3.59. The van der Waals surface area contributed by atoms with E-state index in [1.165, 1.54) is 12.8 Å². The number of ether oxygens (including phenoxy) is 1. The third-order valence-electron chi connectivity index (χ3n) is 3.22. The summed E-state index contributed by atoms with van der Waals surface area (Å²) >= 11 is 0. The SMILES string of the molecule is NCC1CN(C(=O)CCC2CC2)CCO1. The van der Waals surface area contributed by atoms with Crippen LogP contribution in [0.2, 0.25) is 0 Å². The Morgan fingerprint density at radius 1 is 1.47 bits per heavy atom. The number of nitrogens with zero attached hydrogens (tertiary/aromatic N) is 1. The van der Waals surface area contributed by atoms with Crippen molar-refractivity contribution < 1.29 is 9.53 Å². The van der Waals surface area contributed by atoms with Gasteiger partial charge in [-0.3, -0.25) is 4.79 Å². The molecule has 15 heavy (non-hydrogen) atoms. The fraction of sp³-hybridized carbons (Fsp3) is 0.909. The van der Waals surface area contributed by atoms with Crippen LogP contribution in [0.1, 0.15) is 25.7 Å². The van der Waals surface area contributed by atoms with Gasteiger partial charge in [0.25, 0.3) is 0 Å². The molecule has 2 N–H and O–H groups in total. The predicted molar refractivity (Wildman–Crippen MR) is 57.3 cm³/mol. The van der Waals surface area contributed by atoms with Gasteiger partial charge in [0.05, 0.1) is 12.7 Å². The third-order valence-corrected chi connectivity index (χ3v) is 3.22. The number of hydrogen-bond acceptors (Lipinski definition) is 3. The summed E-state index contributed by atoms with van der Waals surface area (Å²) < 4.78 is 5.43. The van der Waals surface area contributed by atoms with Crippen molar-refractivity contribution in [1.29, 1.82) is 0 Å². The molecule has 1 heterocycles. The molecular formula is C11H20N2O2. The molecule has 0 radical (unpaired) electrons. The number of amides is 1. The van der Waals surface area contributed by atoms with E-state index in [0.29, 0.717) is 26.1 Å². The van der Waals surface area contributed by atoms with E-state index < -0.39 is 0 Å². The van der Waals surface area contributed by atoms with Crippen molar-refractivity contribution in [3.8, 4) is 0 Å². The molecule has 0 aromatic heterocycles. The minimum Gasteiger partial charge on any atom is -0.373 e. The van der Waals surface area contributed by atoms with Gasteiger partial charge in [-0.05, 0) is 12.3 Å². The van der Waals surface area contributed by atoms with Crippen LogP contribution in [-0.2, 0) is 9.53 Å². The van der Waals surface area contributed by atoms with Crippen LogP contribution in [0.4, 0.5) is 0 Å². The van der Waals surface area contributed by atoms with Crippen molar-refractivity contribution in [2.45, 2.75) is 31.8 Å². The van der Waals surface area contributed by atoms with Crippen LogP contribution in [0.25, 0.3) is 0 Å². The number of nitrogens with two attached hydrogens (primary N) is 1. The molecule has 0 bridgehead atoms. The zero-order chi connectivity index (χ0) is 10.7. The minimum atomic E-state index is 0.0450. The molecule has 0 aromatic rings. The molecule has 0 aromatic carbocycles. The topological polar surface area (TPSA) is 55.6 Å². The van der Waals surface area contributed by atoms with Gasteiger partial charge in [-0.15, -0.1) is 0 Å². The van der Waals surface area contributed by atoms with Gasteiger partial charge in [-0.2, -0.15) is 0 Å². The number of rotatable bonds is 4. The molecule has 2 aliphatic rings. The Hall–Kier alpha value is -0.610. The number of carbonyl (C=O) groups is 1. The van der Waals surface area contributed by atoms with E-state index in [1.54, 1.807) is 0 Å². The highest BCUT2D eigenvalue weighted by molar-refractivity contribution is 5.76. The van der Waals surface area contributed by atoms with E-state index in [2.05, 4.69) is 0 Å². The summed E-state index contributed by atoms with van der Waals surface area (Å²) in [6, 6.07) is 0. The maximum Gasteiger partial charge on any atom is 0.222 e. The molecule has 2 fully saturated rings. The lowest BCUT2D eigenvalue weighted by Gasteiger charge is -2.32.